The summed E-state index contributed by atoms with van der Waals surface area (Å²) < 4.78 is 0. The summed E-state index contributed by atoms with van der Waals surface area (Å²) in [7, 11) is 0. The number of nitrogens with one attached hydrogen (secondary N) is 1. The van der Waals surface area contributed by atoms with Crippen LogP contribution in [0.25, 0.3) is 0 Å². The minimum Gasteiger partial charge on any atom is -0.326 e. The van der Waals surface area contributed by atoms with E-state index in [1.807, 2.05) is 52.0 Å². The number of hydrogen-bond acceptors (Lipinski definition) is 3. The second kappa shape index (κ2) is 6.53. The van der Waals surface area contributed by atoms with Crippen LogP contribution in [-0.2, 0) is 20.8 Å². The highest BCUT2D eigenvalue weighted by atomic mass is 16.2. The first-order valence-electron chi connectivity index (χ1n) is 9.46. The molecule has 0 aromatic heterocycles. The van der Waals surface area contributed by atoms with Gasteiger partial charge in [-0.15, -0.1) is 0 Å². The Morgan fingerprint density at radius 1 is 1.23 bits per heavy atom. The van der Waals surface area contributed by atoms with Crippen LogP contribution < -0.4 is 5.32 Å². The summed E-state index contributed by atoms with van der Waals surface area (Å²) >= 11 is 0. The standard InChI is InChI=1S/C21H28N2O3/c1-5-14-8-6-7-9-16(14)22-17(24)11-13-23-18(25)15-10-12-21(4,19(23)26)20(15,2)3/h6-9,15H,5,10-13H2,1-4H3,(H,22,24). The summed E-state index contributed by atoms with van der Waals surface area (Å²) in [6, 6.07) is 7.68. The summed E-state index contributed by atoms with van der Waals surface area (Å²) in [4.78, 5) is 39.5. The molecule has 5 heteroatoms. The molecular formula is C21H28N2O3. The molecule has 26 heavy (non-hydrogen) atoms. The van der Waals surface area contributed by atoms with Crippen molar-refractivity contribution in [1.82, 2.24) is 4.90 Å². The Labute approximate surface area is 155 Å². The summed E-state index contributed by atoms with van der Waals surface area (Å²) in [6.07, 6.45) is 2.44. The predicted molar refractivity (Wildman–Crippen MR) is 100 cm³/mol. The van der Waals surface area contributed by atoms with Crippen molar-refractivity contribution < 1.29 is 14.4 Å². The van der Waals surface area contributed by atoms with Crippen LogP contribution in [0.5, 0.6) is 0 Å². The molecule has 2 unspecified atom stereocenters. The molecule has 1 aliphatic carbocycles. The van der Waals surface area contributed by atoms with Gasteiger partial charge in [0.2, 0.25) is 17.7 Å². The zero-order chi connectivity index (χ0) is 19.1. The minimum absolute atomic E-state index is 0.114. The van der Waals surface area contributed by atoms with Crippen molar-refractivity contribution in [1.29, 1.82) is 0 Å². The lowest BCUT2D eigenvalue weighted by Crippen LogP contribution is -2.59. The van der Waals surface area contributed by atoms with Gasteiger partial charge in [-0.3, -0.25) is 19.3 Å². The maximum atomic E-state index is 13.0. The first kappa shape index (κ1) is 18.6. The summed E-state index contributed by atoms with van der Waals surface area (Å²) in [5.74, 6) is -0.539. The lowest BCUT2D eigenvalue weighted by Gasteiger charge is -2.47. The molecule has 0 spiro atoms. The van der Waals surface area contributed by atoms with Crippen LogP contribution in [0.1, 0.15) is 52.5 Å². The number of amides is 3. The lowest BCUT2D eigenvalue weighted by atomic mass is 9.62. The van der Waals surface area contributed by atoms with Gasteiger partial charge in [-0.25, -0.2) is 0 Å². The molecular weight excluding hydrogens is 328 g/mol. The molecule has 1 N–H and O–H groups in total. The molecule has 5 nitrogen and oxygen atoms in total. The number of fused-ring (bicyclic) bond motifs is 2. The number of nitrogens with zero attached hydrogens (tertiary/aromatic N) is 1. The molecule has 0 radical (unpaired) electrons. The molecule has 2 fully saturated rings. The Balaban J connectivity index is 1.67. The van der Waals surface area contributed by atoms with E-state index in [9.17, 15) is 14.4 Å². The Morgan fingerprint density at radius 2 is 1.92 bits per heavy atom. The zero-order valence-electron chi connectivity index (χ0n) is 16.1. The summed E-state index contributed by atoms with van der Waals surface area (Å²) in [6.45, 7) is 8.19. The molecule has 2 atom stereocenters. The zero-order valence-corrected chi connectivity index (χ0v) is 16.1. The maximum Gasteiger partial charge on any atom is 0.235 e. The topological polar surface area (TPSA) is 66.5 Å². The van der Waals surface area contributed by atoms with Crippen LogP contribution in [-0.4, -0.2) is 29.2 Å². The van der Waals surface area contributed by atoms with Crippen molar-refractivity contribution in [3.63, 3.8) is 0 Å². The van der Waals surface area contributed by atoms with Crippen LogP contribution in [0.15, 0.2) is 24.3 Å². The number of likely N-dealkylation sites (tertiary alicyclic amines) is 1. The number of anilines is 1. The molecule has 1 aromatic rings. The molecule has 140 valence electrons. The van der Waals surface area contributed by atoms with Gasteiger partial charge in [-0.2, -0.15) is 0 Å². The van der Waals surface area contributed by atoms with E-state index >= 15 is 0 Å². The number of aryl methyl sites for hydroxylation is 1. The van der Waals surface area contributed by atoms with Crippen LogP contribution in [0.2, 0.25) is 0 Å². The fourth-order valence-corrected chi connectivity index (χ4v) is 4.49. The Bertz CT molecular complexity index is 755. The monoisotopic (exact) mass is 356 g/mol. The first-order valence-corrected chi connectivity index (χ1v) is 9.46. The predicted octanol–water partition coefficient (Wildman–Crippen LogP) is 3.39. The average molecular weight is 356 g/mol. The van der Waals surface area contributed by atoms with Gasteiger partial charge in [0, 0.05) is 24.6 Å². The Kier molecular flexibility index (Phi) is 4.67. The van der Waals surface area contributed by atoms with Crippen LogP contribution >= 0.6 is 0 Å². The summed E-state index contributed by atoms with van der Waals surface area (Å²) in [5, 5.41) is 2.91. The molecule has 2 bridgehead atoms. The number of carbonyl (C=O) groups is 3. The van der Waals surface area contributed by atoms with Crippen molar-refractivity contribution in [2.24, 2.45) is 16.7 Å². The second-order valence-corrected chi connectivity index (χ2v) is 8.25. The maximum absolute atomic E-state index is 13.0. The minimum atomic E-state index is -0.517. The van der Waals surface area contributed by atoms with E-state index in [0.717, 1.165) is 30.5 Å². The molecule has 1 heterocycles. The number of benzene rings is 1. The summed E-state index contributed by atoms with van der Waals surface area (Å²) in [5.41, 5.74) is 1.03. The van der Waals surface area contributed by atoms with E-state index in [1.54, 1.807) is 0 Å². The third-order valence-electron chi connectivity index (χ3n) is 6.74. The van der Waals surface area contributed by atoms with E-state index in [2.05, 4.69) is 5.32 Å². The van der Waals surface area contributed by atoms with Crippen LogP contribution in [0, 0.1) is 16.7 Å². The SMILES string of the molecule is CCc1ccccc1NC(=O)CCN1C(=O)C2CCC(C)(C1=O)C2(C)C. The van der Waals surface area contributed by atoms with Gasteiger partial charge in [-0.1, -0.05) is 45.9 Å². The van der Waals surface area contributed by atoms with E-state index < -0.39 is 5.41 Å². The lowest BCUT2D eigenvalue weighted by molar-refractivity contribution is -0.167. The van der Waals surface area contributed by atoms with Crippen LogP contribution in [0.4, 0.5) is 5.69 Å². The molecule has 3 amide bonds. The van der Waals surface area contributed by atoms with Gasteiger partial charge in [0.25, 0.3) is 0 Å². The van der Waals surface area contributed by atoms with E-state index in [-0.39, 0.29) is 42.0 Å². The quantitative estimate of drug-likeness (QED) is 0.823. The Hall–Kier alpha value is -2.17. The fourth-order valence-electron chi connectivity index (χ4n) is 4.49. The first-order chi connectivity index (χ1) is 12.2. The number of carbonyl (C=O) groups excluding carboxylic acids is 3. The number of piperidine rings is 1. The highest BCUT2D eigenvalue weighted by Crippen LogP contribution is 2.59. The molecule has 1 aliphatic heterocycles. The Morgan fingerprint density at radius 3 is 2.62 bits per heavy atom. The smallest absolute Gasteiger partial charge is 0.235 e. The van der Waals surface area contributed by atoms with Crippen molar-refractivity contribution >= 4 is 23.4 Å². The average Bonchev–Trinajstić information content (AvgIpc) is 2.79. The second-order valence-electron chi connectivity index (χ2n) is 8.25. The third kappa shape index (κ3) is 2.74. The van der Waals surface area contributed by atoms with E-state index in [0.29, 0.717) is 0 Å². The van der Waals surface area contributed by atoms with Crippen molar-refractivity contribution in [3.05, 3.63) is 29.8 Å². The largest absolute Gasteiger partial charge is 0.326 e. The van der Waals surface area contributed by atoms with Crippen molar-refractivity contribution in [2.45, 2.75) is 53.4 Å². The number of hydrogen-bond donors (Lipinski definition) is 1. The number of rotatable bonds is 5. The van der Waals surface area contributed by atoms with Crippen molar-refractivity contribution in [2.75, 3.05) is 11.9 Å². The molecule has 2 aliphatic rings. The normalized spacial score (nSPS) is 26.9. The van der Waals surface area contributed by atoms with Gasteiger partial charge >= 0.3 is 0 Å². The van der Waals surface area contributed by atoms with Gasteiger partial charge in [0.1, 0.15) is 0 Å². The van der Waals surface area contributed by atoms with E-state index in [1.165, 1.54) is 4.90 Å². The van der Waals surface area contributed by atoms with Gasteiger partial charge in [0.15, 0.2) is 0 Å². The highest BCUT2D eigenvalue weighted by Gasteiger charge is 2.64. The number of para-hydroxylation sites is 1. The van der Waals surface area contributed by atoms with Gasteiger partial charge < -0.3 is 5.32 Å². The fraction of sp³-hybridized carbons (Fsp3) is 0.571. The molecule has 3 rings (SSSR count). The number of imide groups is 1. The highest BCUT2D eigenvalue weighted by molar-refractivity contribution is 6.04. The van der Waals surface area contributed by atoms with Gasteiger partial charge in [-0.05, 0) is 36.3 Å². The van der Waals surface area contributed by atoms with E-state index in [4.69, 9.17) is 0 Å². The molecule has 1 aromatic carbocycles. The van der Waals surface area contributed by atoms with Crippen molar-refractivity contribution in [3.8, 4) is 0 Å². The van der Waals surface area contributed by atoms with Gasteiger partial charge in [0.05, 0.1) is 5.41 Å². The molecule has 1 saturated carbocycles. The molecule has 1 saturated heterocycles. The van der Waals surface area contributed by atoms with Crippen LogP contribution in [0.3, 0.4) is 0 Å². The third-order valence-corrected chi connectivity index (χ3v) is 6.74.